The Morgan fingerprint density at radius 2 is 1.69 bits per heavy atom. The molecule has 0 aliphatic rings. The molecule has 0 fully saturated rings. The quantitative estimate of drug-likeness (QED) is 0.291. The molecule has 1 heterocycles. The molecule has 0 spiro atoms. The normalized spacial score (nSPS) is 10.7. The molecule has 0 bridgehead atoms. The smallest absolute Gasteiger partial charge is 0.280 e. The van der Waals surface area contributed by atoms with Crippen molar-refractivity contribution in [2.24, 2.45) is 0 Å². The van der Waals surface area contributed by atoms with Gasteiger partial charge in [-0.2, -0.15) is 4.68 Å². The lowest BCUT2D eigenvalue weighted by atomic mass is 10.1. The molecular formula is C24H19ClN4O7. The molecule has 4 aromatic rings. The van der Waals surface area contributed by atoms with E-state index in [1.165, 1.54) is 27.4 Å². The maximum absolute atomic E-state index is 13.4. The first-order chi connectivity index (χ1) is 17.3. The van der Waals surface area contributed by atoms with Crippen LogP contribution in [0.1, 0.15) is 10.4 Å². The molecule has 184 valence electrons. The minimum atomic E-state index is -0.775. The molecule has 3 aromatic carbocycles. The van der Waals surface area contributed by atoms with Crippen LogP contribution in [0, 0.1) is 10.1 Å². The van der Waals surface area contributed by atoms with E-state index in [1.807, 2.05) is 0 Å². The first kappa shape index (κ1) is 24.5. The number of benzene rings is 3. The van der Waals surface area contributed by atoms with Crippen molar-refractivity contribution in [3.63, 3.8) is 0 Å². The second kappa shape index (κ2) is 9.92. The fourth-order valence-electron chi connectivity index (χ4n) is 3.60. The largest absolute Gasteiger partial charge is 0.493 e. The Labute approximate surface area is 208 Å². The van der Waals surface area contributed by atoms with Crippen molar-refractivity contribution >= 4 is 34.1 Å². The molecule has 11 nitrogen and oxygen atoms in total. The standard InChI is InChI=1S/C24H19ClN4O7/c1-34-19-10-13(11-20(35-2)21(19)36-3)22-26-18-7-5-4-6-16(18)24(31)28(22)27-23(30)15-9-8-14(29(32)33)12-17(15)25/h4-12H,1-3H3,(H,27,30). The molecule has 4 rings (SSSR count). The van der Waals surface area contributed by atoms with Gasteiger partial charge in [-0.1, -0.05) is 23.7 Å². The van der Waals surface area contributed by atoms with E-state index in [9.17, 15) is 19.7 Å². The Bertz CT molecular complexity index is 1540. The van der Waals surface area contributed by atoms with E-state index < -0.39 is 16.4 Å². The Morgan fingerprint density at radius 3 is 2.28 bits per heavy atom. The molecule has 1 aromatic heterocycles. The van der Waals surface area contributed by atoms with Crippen molar-refractivity contribution in [3.05, 3.63) is 85.7 Å². The number of carbonyl (C=O) groups excluding carboxylic acids is 1. The van der Waals surface area contributed by atoms with E-state index in [1.54, 1.807) is 36.4 Å². The second-order valence-corrected chi connectivity index (χ2v) is 7.78. The van der Waals surface area contributed by atoms with Crippen LogP contribution < -0.4 is 25.2 Å². The predicted octanol–water partition coefficient (Wildman–Crippen LogP) is 4.03. The Kier molecular flexibility index (Phi) is 6.75. The Morgan fingerprint density at radius 1 is 1.03 bits per heavy atom. The van der Waals surface area contributed by atoms with E-state index in [-0.39, 0.29) is 27.5 Å². The number of aromatic nitrogens is 2. The van der Waals surface area contributed by atoms with Gasteiger partial charge in [0.15, 0.2) is 17.3 Å². The highest BCUT2D eigenvalue weighted by Gasteiger charge is 2.22. The zero-order valence-corrected chi connectivity index (χ0v) is 20.0. The summed E-state index contributed by atoms with van der Waals surface area (Å²) in [6, 6.07) is 13.2. The molecule has 0 aliphatic heterocycles. The minimum absolute atomic E-state index is 0.0711. The number of halogens is 1. The molecular weight excluding hydrogens is 492 g/mol. The highest BCUT2D eigenvalue weighted by Crippen LogP contribution is 2.40. The maximum Gasteiger partial charge on any atom is 0.280 e. The van der Waals surface area contributed by atoms with Crippen LogP contribution in [0.3, 0.4) is 0 Å². The van der Waals surface area contributed by atoms with E-state index in [0.717, 1.165) is 16.8 Å². The van der Waals surface area contributed by atoms with Crippen LogP contribution in [0.25, 0.3) is 22.3 Å². The van der Waals surface area contributed by atoms with Gasteiger partial charge in [-0.05, 0) is 30.3 Å². The first-order valence-electron chi connectivity index (χ1n) is 10.4. The summed E-state index contributed by atoms with van der Waals surface area (Å²) >= 11 is 6.12. The first-order valence-corrected chi connectivity index (χ1v) is 10.7. The monoisotopic (exact) mass is 510 g/mol. The summed E-state index contributed by atoms with van der Waals surface area (Å²) < 4.78 is 17.2. The van der Waals surface area contributed by atoms with Gasteiger partial charge in [0.1, 0.15) is 0 Å². The number of non-ortho nitro benzene ring substituents is 1. The molecule has 0 unspecified atom stereocenters. The number of hydrogen-bond donors (Lipinski definition) is 1. The van der Waals surface area contributed by atoms with Crippen molar-refractivity contribution in [1.29, 1.82) is 0 Å². The summed E-state index contributed by atoms with van der Waals surface area (Å²) in [4.78, 5) is 41.5. The summed E-state index contributed by atoms with van der Waals surface area (Å²) in [6.45, 7) is 0. The molecule has 1 N–H and O–H groups in total. The zero-order valence-electron chi connectivity index (χ0n) is 19.3. The topological polar surface area (TPSA) is 135 Å². The van der Waals surface area contributed by atoms with Crippen LogP contribution in [-0.4, -0.2) is 41.8 Å². The number of amides is 1. The van der Waals surface area contributed by atoms with Crippen molar-refractivity contribution in [3.8, 4) is 28.6 Å². The van der Waals surface area contributed by atoms with Gasteiger partial charge < -0.3 is 14.2 Å². The Balaban J connectivity index is 1.91. The highest BCUT2D eigenvalue weighted by atomic mass is 35.5. The van der Waals surface area contributed by atoms with Gasteiger partial charge in [0.05, 0.1) is 47.7 Å². The minimum Gasteiger partial charge on any atom is -0.493 e. The Hall–Kier alpha value is -4.64. The number of para-hydroxylation sites is 1. The summed E-state index contributed by atoms with van der Waals surface area (Å²) in [5.74, 6) is 0.253. The van der Waals surface area contributed by atoms with E-state index in [0.29, 0.717) is 28.3 Å². The SMILES string of the molecule is COc1cc(-c2nc3ccccc3c(=O)n2NC(=O)c2ccc([N+](=O)[O-])cc2Cl)cc(OC)c1OC. The third-order valence-electron chi connectivity index (χ3n) is 5.32. The third kappa shape index (κ3) is 4.39. The molecule has 1 amide bonds. The molecule has 36 heavy (non-hydrogen) atoms. The number of hydrogen-bond acceptors (Lipinski definition) is 8. The molecule has 0 saturated carbocycles. The van der Waals surface area contributed by atoms with E-state index >= 15 is 0 Å². The van der Waals surface area contributed by atoms with Gasteiger partial charge in [0.2, 0.25) is 5.75 Å². The van der Waals surface area contributed by atoms with Gasteiger partial charge in [-0.25, -0.2) is 4.98 Å². The van der Waals surface area contributed by atoms with Gasteiger partial charge >= 0.3 is 0 Å². The number of nitrogens with zero attached hydrogens (tertiary/aromatic N) is 3. The lowest BCUT2D eigenvalue weighted by Gasteiger charge is -2.18. The van der Waals surface area contributed by atoms with Gasteiger partial charge in [-0.15, -0.1) is 0 Å². The van der Waals surface area contributed by atoms with Gasteiger partial charge in [0.25, 0.3) is 17.2 Å². The van der Waals surface area contributed by atoms with Gasteiger partial charge in [-0.3, -0.25) is 25.1 Å². The third-order valence-corrected chi connectivity index (χ3v) is 5.63. The van der Waals surface area contributed by atoms with Crippen LogP contribution >= 0.6 is 11.6 Å². The fraction of sp³-hybridized carbons (Fsp3) is 0.125. The fourth-order valence-corrected chi connectivity index (χ4v) is 3.86. The van der Waals surface area contributed by atoms with Crippen molar-refractivity contribution in [2.75, 3.05) is 26.8 Å². The van der Waals surface area contributed by atoms with Crippen LogP contribution in [-0.2, 0) is 0 Å². The lowest BCUT2D eigenvalue weighted by molar-refractivity contribution is -0.384. The average Bonchev–Trinajstić information content (AvgIpc) is 2.88. The molecule has 0 aliphatic carbocycles. The summed E-state index contributed by atoms with van der Waals surface area (Å²) in [7, 11) is 4.35. The second-order valence-electron chi connectivity index (χ2n) is 7.37. The van der Waals surface area contributed by atoms with E-state index in [4.69, 9.17) is 25.8 Å². The number of methoxy groups -OCH3 is 3. The van der Waals surface area contributed by atoms with Crippen LogP contribution in [0.4, 0.5) is 5.69 Å². The summed E-state index contributed by atoms with van der Waals surface area (Å²) in [6.07, 6.45) is 0. The number of nitro groups is 1. The number of nitrogens with one attached hydrogen (secondary N) is 1. The number of rotatable bonds is 7. The molecule has 0 saturated heterocycles. The van der Waals surface area contributed by atoms with Crippen LogP contribution in [0.15, 0.2) is 59.4 Å². The number of nitro benzene ring substituents is 1. The van der Waals surface area contributed by atoms with Crippen molar-refractivity contribution < 1.29 is 23.9 Å². The highest BCUT2D eigenvalue weighted by molar-refractivity contribution is 6.34. The lowest BCUT2D eigenvalue weighted by Crippen LogP contribution is -2.35. The molecule has 0 radical (unpaired) electrons. The number of fused-ring (bicyclic) bond motifs is 1. The maximum atomic E-state index is 13.4. The summed E-state index contributed by atoms with van der Waals surface area (Å²) in [5, 5.41) is 11.1. The van der Waals surface area contributed by atoms with Gasteiger partial charge in [0, 0.05) is 17.7 Å². The molecule has 12 heteroatoms. The van der Waals surface area contributed by atoms with Crippen molar-refractivity contribution in [2.45, 2.75) is 0 Å². The molecule has 0 atom stereocenters. The van der Waals surface area contributed by atoms with Crippen LogP contribution in [0.2, 0.25) is 5.02 Å². The van der Waals surface area contributed by atoms with E-state index in [2.05, 4.69) is 10.4 Å². The zero-order chi connectivity index (χ0) is 26.0. The number of carbonyl (C=O) groups is 1. The predicted molar refractivity (Wildman–Crippen MR) is 133 cm³/mol. The summed E-state index contributed by atoms with van der Waals surface area (Å²) in [5.41, 5.74) is 2.38. The average molecular weight is 511 g/mol. The van der Waals surface area contributed by atoms with Crippen LogP contribution in [0.5, 0.6) is 17.2 Å². The van der Waals surface area contributed by atoms with Crippen molar-refractivity contribution in [1.82, 2.24) is 9.66 Å². The number of ether oxygens (including phenoxy) is 3.